The lowest BCUT2D eigenvalue weighted by molar-refractivity contribution is -0.134. The third-order valence-corrected chi connectivity index (χ3v) is 7.02. The van der Waals surface area contributed by atoms with Crippen LogP contribution in [0.3, 0.4) is 0 Å². The van der Waals surface area contributed by atoms with E-state index in [4.69, 9.17) is 10.00 Å². The average molecular weight is 497 g/mol. The molecule has 9 heteroatoms. The molecule has 2 aromatic carbocycles. The van der Waals surface area contributed by atoms with Gasteiger partial charge in [-0.25, -0.2) is 4.79 Å². The van der Waals surface area contributed by atoms with E-state index in [1.807, 2.05) is 59.7 Å². The maximum absolute atomic E-state index is 13.1. The molecule has 1 spiro atoms. The Hall–Kier alpha value is -3.22. The number of ether oxygens (including phenoxy) is 1. The monoisotopic (exact) mass is 496 g/mol. The number of carboxylic acid groups (broad SMARTS) is 1. The van der Waals surface area contributed by atoms with Gasteiger partial charge in [-0.3, -0.25) is 10.1 Å². The fourth-order valence-corrected chi connectivity index (χ4v) is 4.96. The van der Waals surface area contributed by atoms with Gasteiger partial charge in [-0.1, -0.05) is 30.3 Å². The topological polar surface area (TPSA) is 106 Å². The number of rotatable bonds is 6. The molecule has 2 N–H and O–H groups in total. The lowest BCUT2D eigenvalue weighted by atomic mass is 9.95. The van der Waals surface area contributed by atoms with Crippen molar-refractivity contribution in [3.8, 4) is 11.8 Å². The van der Waals surface area contributed by atoms with Crippen LogP contribution in [0.4, 0.5) is 4.79 Å². The summed E-state index contributed by atoms with van der Waals surface area (Å²) in [5, 5.41) is 21.9. The zero-order valence-corrected chi connectivity index (χ0v) is 21.0. The molecule has 1 atom stereocenters. The molecule has 2 amide bonds. The minimum Gasteiger partial charge on any atom is -0.497 e. The first-order valence-electron chi connectivity index (χ1n) is 11.6. The van der Waals surface area contributed by atoms with Crippen LogP contribution in [-0.2, 0) is 11.3 Å². The van der Waals surface area contributed by atoms with E-state index in [2.05, 4.69) is 11.4 Å². The van der Waals surface area contributed by atoms with Crippen LogP contribution >= 0.6 is 11.8 Å². The Morgan fingerprint density at radius 3 is 2.51 bits per heavy atom. The van der Waals surface area contributed by atoms with E-state index < -0.39 is 11.8 Å². The number of nitriles is 1. The van der Waals surface area contributed by atoms with Crippen LogP contribution in [0.25, 0.3) is 0 Å². The SMILES string of the molecule is COc1ccccc1.CSCCC1NC2(CCN(C(=O)O)CC2)N(Cc2cccc(C#N)c2)C1=O. The minimum atomic E-state index is -0.915. The third-order valence-electron chi connectivity index (χ3n) is 6.37. The molecule has 2 heterocycles. The van der Waals surface area contributed by atoms with Crippen LogP contribution in [0.15, 0.2) is 54.6 Å². The first-order chi connectivity index (χ1) is 16.9. The Morgan fingerprint density at radius 2 is 1.94 bits per heavy atom. The van der Waals surface area contributed by atoms with Crippen molar-refractivity contribution in [1.29, 1.82) is 5.26 Å². The summed E-state index contributed by atoms with van der Waals surface area (Å²) in [7, 11) is 1.66. The van der Waals surface area contributed by atoms with Gasteiger partial charge in [-0.15, -0.1) is 0 Å². The van der Waals surface area contributed by atoms with Gasteiger partial charge in [0.05, 0.1) is 30.4 Å². The Balaban J connectivity index is 0.000000363. The number of hydrogen-bond donors (Lipinski definition) is 2. The molecule has 1 unspecified atom stereocenters. The van der Waals surface area contributed by atoms with E-state index in [0.29, 0.717) is 38.0 Å². The van der Waals surface area contributed by atoms with Gasteiger partial charge in [0, 0.05) is 32.5 Å². The van der Waals surface area contributed by atoms with Crippen molar-refractivity contribution in [3.05, 3.63) is 65.7 Å². The molecular weight excluding hydrogens is 464 g/mol. The van der Waals surface area contributed by atoms with Crippen molar-refractivity contribution < 1.29 is 19.4 Å². The van der Waals surface area contributed by atoms with Crippen LogP contribution < -0.4 is 10.1 Å². The Bertz CT molecular complexity index is 1040. The van der Waals surface area contributed by atoms with Crippen LogP contribution in [0.5, 0.6) is 5.75 Å². The summed E-state index contributed by atoms with van der Waals surface area (Å²) in [5.41, 5.74) is 0.963. The summed E-state index contributed by atoms with van der Waals surface area (Å²) in [6, 6.07) is 18.9. The predicted octanol–water partition coefficient (Wildman–Crippen LogP) is 3.78. The van der Waals surface area contributed by atoms with Crippen molar-refractivity contribution in [2.75, 3.05) is 32.2 Å². The van der Waals surface area contributed by atoms with Crippen LogP contribution in [-0.4, -0.2) is 70.8 Å². The maximum Gasteiger partial charge on any atom is 0.407 e. The van der Waals surface area contributed by atoms with Crippen LogP contribution in [0, 0.1) is 11.3 Å². The zero-order chi connectivity index (χ0) is 25.3. The van der Waals surface area contributed by atoms with Gasteiger partial charge >= 0.3 is 6.09 Å². The highest BCUT2D eigenvalue weighted by Gasteiger charge is 2.51. The number of amides is 2. The van der Waals surface area contributed by atoms with E-state index in [9.17, 15) is 14.7 Å². The number of thioether (sulfide) groups is 1. The molecule has 2 saturated heterocycles. The number of methoxy groups -OCH3 is 1. The van der Waals surface area contributed by atoms with Gasteiger partial charge in [0.1, 0.15) is 5.75 Å². The van der Waals surface area contributed by atoms with Crippen molar-refractivity contribution in [3.63, 3.8) is 0 Å². The Kier molecular flexibility index (Phi) is 9.40. The number of piperidine rings is 1. The first kappa shape index (κ1) is 26.4. The number of carbonyl (C=O) groups excluding carboxylic acids is 1. The predicted molar refractivity (Wildman–Crippen MR) is 136 cm³/mol. The standard InChI is InChI=1S/C19H24N4O3S.C7H8O/c1-27-10-5-16-17(24)23(13-15-4-2-3-14(11-15)12-20)19(21-16)6-8-22(9-7-19)18(25)26;1-8-7-5-3-2-4-6-7/h2-4,11,16,21H,5-10,13H2,1H3,(H,25,26);2-6H,1H3. The molecule has 0 aromatic heterocycles. The largest absolute Gasteiger partial charge is 0.497 e. The fourth-order valence-electron chi connectivity index (χ4n) is 4.48. The van der Waals surface area contributed by atoms with Gasteiger partial charge in [0.2, 0.25) is 5.91 Å². The molecule has 0 saturated carbocycles. The van der Waals surface area contributed by atoms with Gasteiger partial charge in [-0.2, -0.15) is 17.0 Å². The summed E-state index contributed by atoms with van der Waals surface area (Å²) in [6.45, 7) is 1.23. The fraction of sp³-hybridized carbons (Fsp3) is 0.423. The highest BCUT2D eigenvalue weighted by Crippen LogP contribution is 2.35. The summed E-state index contributed by atoms with van der Waals surface area (Å²) in [4.78, 5) is 27.7. The third kappa shape index (κ3) is 6.68. The van der Waals surface area contributed by atoms with E-state index in [1.54, 1.807) is 24.9 Å². The summed E-state index contributed by atoms with van der Waals surface area (Å²) >= 11 is 1.71. The van der Waals surface area contributed by atoms with Crippen molar-refractivity contribution in [1.82, 2.24) is 15.1 Å². The average Bonchev–Trinajstić information content (AvgIpc) is 3.14. The normalized spacial score (nSPS) is 18.5. The van der Waals surface area contributed by atoms with E-state index in [0.717, 1.165) is 23.5 Å². The molecule has 0 bridgehead atoms. The van der Waals surface area contributed by atoms with E-state index in [1.165, 1.54) is 4.90 Å². The second-order valence-corrected chi connectivity index (χ2v) is 9.52. The van der Waals surface area contributed by atoms with Crippen molar-refractivity contribution in [2.45, 2.75) is 37.5 Å². The second-order valence-electron chi connectivity index (χ2n) is 8.53. The number of likely N-dealkylation sites (tertiary alicyclic amines) is 1. The van der Waals surface area contributed by atoms with Gasteiger partial charge < -0.3 is 19.6 Å². The van der Waals surface area contributed by atoms with Gasteiger partial charge in [-0.05, 0) is 48.3 Å². The molecule has 186 valence electrons. The molecule has 2 fully saturated rings. The number of benzene rings is 2. The minimum absolute atomic E-state index is 0.0650. The Labute approximate surface area is 210 Å². The summed E-state index contributed by atoms with van der Waals surface area (Å²) < 4.78 is 4.91. The van der Waals surface area contributed by atoms with Gasteiger partial charge in [0.25, 0.3) is 0 Å². The lowest BCUT2D eigenvalue weighted by Gasteiger charge is -2.44. The number of hydrogen-bond acceptors (Lipinski definition) is 6. The number of para-hydroxylation sites is 1. The van der Waals surface area contributed by atoms with E-state index in [-0.39, 0.29) is 11.9 Å². The molecule has 0 radical (unpaired) electrons. The molecule has 8 nitrogen and oxygen atoms in total. The summed E-state index contributed by atoms with van der Waals surface area (Å²) in [6.07, 6.45) is 2.99. The van der Waals surface area contributed by atoms with Crippen molar-refractivity contribution >= 4 is 23.8 Å². The number of nitrogens with one attached hydrogen (secondary N) is 1. The summed E-state index contributed by atoms with van der Waals surface area (Å²) in [5.74, 6) is 1.86. The van der Waals surface area contributed by atoms with Gasteiger partial charge in [0.15, 0.2) is 0 Å². The molecular formula is C26H32N4O4S. The number of carbonyl (C=O) groups is 2. The number of nitrogens with zero attached hydrogens (tertiary/aromatic N) is 3. The molecule has 0 aliphatic carbocycles. The highest BCUT2D eigenvalue weighted by molar-refractivity contribution is 7.98. The lowest BCUT2D eigenvalue weighted by Crippen LogP contribution is -2.59. The zero-order valence-electron chi connectivity index (χ0n) is 20.1. The maximum atomic E-state index is 13.1. The molecule has 2 aliphatic rings. The first-order valence-corrected chi connectivity index (χ1v) is 13.0. The molecule has 2 aromatic rings. The van der Waals surface area contributed by atoms with Crippen molar-refractivity contribution in [2.24, 2.45) is 0 Å². The Morgan fingerprint density at radius 1 is 1.23 bits per heavy atom. The van der Waals surface area contributed by atoms with Crippen LogP contribution in [0.2, 0.25) is 0 Å². The highest BCUT2D eigenvalue weighted by atomic mass is 32.2. The molecule has 35 heavy (non-hydrogen) atoms. The molecule has 2 aliphatic heterocycles. The molecule has 4 rings (SSSR count). The quantitative estimate of drug-likeness (QED) is 0.627. The van der Waals surface area contributed by atoms with E-state index >= 15 is 0 Å². The van der Waals surface area contributed by atoms with Crippen LogP contribution in [0.1, 0.15) is 30.4 Å². The smallest absolute Gasteiger partial charge is 0.407 e. The second kappa shape index (κ2) is 12.5.